The topological polar surface area (TPSA) is 56.0 Å². The molecule has 0 aromatic carbocycles. The lowest BCUT2D eigenvalue weighted by Crippen LogP contribution is -2.11. The summed E-state index contributed by atoms with van der Waals surface area (Å²) in [5.74, 6) is 0.833. The van der Waals surface area contributed by atoms with Crippen LogP contribution in [0.1, 0.15) is 52.3 Å². The Labute approximate surface area is 90.1 Å². The third-order valence-electron chi connectivity index (χ3n) is 2.15. The van der Waals surface area contributed by atoms with Gasteiger partial charge in [0.1, 0.15) is 5.78 Å². The van der Waals surface area contributed by atoms with E-state index in [1.807, 2.05) is 0 Å². The van der Waals surface area contributed by atoms with E-state index in [1.54, 1.807) is 6.92 Å². The molecule has 1 unspecified atom stereocenters. The zero-order valence-electron chi connectivity index (χ0n) is 10.00. The number of nitrogens with zero attached hydrogens (tertiary/aromatic N) is 2. The molecule has 0 spiro atoms. The standard InChI is InChI=1S/C11H18N2O2/c1-7(8(2)14)10-12-9(13-15-10)6-11(3,4)5/h7H,6H2,1-5H3. The summed E-state index contributed by atoms with van der Waals surface area (Å²) >= 11 is 0. The Morgan fingerprint density at radius 2 is 2.07 bits per heavy atom. The molecule has 0 fully saturated rings. The molecule has 84 valence electrons. The zero-order valence-corrected chi connectivity index (χ0v) is 10.00. The van der Waals surface area contributed by atoms with Gasteiger partial charge in [-0.3, -0.25) is 4.79 Å². The molecule has 0 aliphatic rings. The van der Waals surface area contributed by atoms with Crippen LogP contribution in [0.5, 0.6) is 0 Å². The van der Waals surface area contributed by atoms with Gasteiger partial charge in [0.15, 0.2) is 5.82 Å². The fourth-order valence-electron chi connectivity index (χ4n) is 1.16. The molecule has 0 aliphatic heterocycles. The van der Waals surface area contributed by atoms with Crippen LogP contribution in [0.3, 0.4) is 0 Å². The van der Waals surface area contributed by atoms with E-state index in [4.69, 9.17) is 4.52 Å². The van der Waals surface area contributed by atoms with Gasteiger partial charge < -0.3 is 4.52 Å². The predicted octanol–water partition coefficient (Wildman–Crippen LogP) is 2.35. The predicted molar refractivity (Wildman–Crippen MR) is 56.6 cm³/mol. The molecule has 4 heteroatoms. The highest BCUT2D eigenvalue weighted by Gasteiger charge is 2.20. The maximum Gasteiger partial charge on any atom is 0.236 e. The second-order valence-electron chi connectivity index (χ2n) is 5.12. The molecule has 0 radical (unpaired) electrons. The second kappa shape index (κ2) is 4.13. The molecule has 1 aromatic rings. The summed E-state index contributed by atoms with van der Waals surface area (Å²) in [5.41, 5.74) is 0.126. The van der Waals surface area contributed by atoms with Gasteiger partial charge in [-0.1, -0.05) is 25.9 Å². The molecule has 1 aromatic heterocycles. The molecule has 4 nitrogen and oxygen atoms in total. The Hall–Kier alpha value is -1.19. The maximum absolute atomic E-state index is 11.1. The molecule has 0 aliphatic carbocycles. The molecule has 0 saturated heterocycles. The lowest BCUT2D eigenvalue weighted by atomic mass is 9.92. The SMILES string of the molecule is CC(=O)C(C)c1nc(CC(C)(C)C)no1. The van der Waals surface area contributed by atoms with Crippen LogP contribution >= 0.6 is 0 Å². The lowest BCUT2D eigenvalue weighted by molar-refractivity contribution is -0.118. The number of ketones is 1. The van der Waals surface area contributed by atoms with Crippen molar-refractivity contribution in [2.45, 2.75) is 47.0 Å². The number of aromatic nitrogens is 2. The average Bonchev–Trinajstić information content (AvgIpc) is 2.48. The van der Waals surface area contributed by atoms with Crippen LogP contribution in [-0.4, -0.2) is 15.9 Å². The van der Waals surface area contributed by atoms with Gasteiger partial charge in [0, 0.05) is 6.42 Å². The van der Waals surface area contributed by atoms with Crippen LogP contribution in [0.25, 0.3) is 0 Å². The number of hydrogen-bond acceptors (Lipinski definition) is 4. The van der Waals surface area contributed by atoms with Gasteiger partial charge in [-0.2, -0.15) is 4.98 Å². The Balaban J connectivity index is 2.77. The van der Waals surface area contributed by atoms with Gasteiger partial charge in [-0.05, 0) is 19.3 Å². The molecule has 0 N–H and O–H groups in total. The summed E-state index contributed by atoms with van der Waals surface area (Å²) in [5, 5.41) is 3.87. The van der Waals surface area contributed by atoms with Crippen molar-refractivity contribution in [3.8, 4) is 0 Å². The Bertz CT molecular complexity index is 350. The number of carbonyl (C=O) groups is 1. The minimum Gasteiger partial charge on any atom is -0.339 e. The van der Waals surface area contributed by atoms with Crippen molar-refractivity contribution in [2.24, 2.45) is 5.41 Å². The molecule has 0 bridgehead atoms. The van der Waals surface area contributed by atoms with Gasteiger partial charge in [0.25, 0.3) is 0 Å². The quantitative estimate of drug-likeness (QED) is 0.768. The van der Waals surface area contributed by atoms with Gasteiger partial charge >= 0.3 is 0 Å². The van der Waals surface area contributed by atoms with E-state index in [9.17, 15) is 4.79 Å². The lowest BCUT2D eigenvalue weighted by Gasteiger charge is -2.14. The monoisotopic (exact) mass is 210 g/mol. The van der Waals surface area contributed by atoms with Crippen molar-refractivity contribution in [3.63, 3.8) is 0 Å². The highest BCUT2D eigenvalue weighted by Crippen LogP contribution is 2.20. The van der Waals surface area contributed by atoms with E-state index in [1.165, 1.54) is 6.92 Å². The van der Waals surface area contributed by atoms with E-state index < -0.39 is 0 Å². The summed E-state index contributed by atoms with van der Waals surface area (Å²) in [6.07, 6.45) is 0.751. The van der Waals surface area contributed by atoms with Crippen LogP contribution in [-0.2, 0) is 11.2 Å². The van der Waals surface area contributed by atoms with E-state index >= 15 is 0 Å². The van der Waals surface area contributed by atoms with E-state index in [2.05, 4.69) is 30.9 Å². The van der Waals surface area contributed by atoms with Crippen LogP contribution in [0.2, 0.25) is 0 Å². The molecular formula is C11H18N2O2. The van der Waals surface area contributed by atoms with Crippen molar-refractivity contribution < 1.29 is 9.32 Å². The first kappa shape index (κ1) is 11.9. The fourth-order valence-corrected chi connectivity index (χ4v) is 1.16. The molecule has 1 rings (SSSR count). The van der Waals surface area contributed by atoms with Crippen LogP contribution in [0.15, 0.2) is 4.52 Å². The smallest absolute Gasteiger partial charge is 0.236 e. The van der Waals surface area contributed by atoms with Crippen molar-refractivity contribution in [2.75, 3.05) is 0 Å². The average molecular weight is 210 g/mol. The van der Waals surface area contributed by atoms with Crippen LogP contribution in [0, 0.1) is 5.41 Å². The Morgan fingerprint density at radius 1 is 1.47 bits per heavy atom. The van der Waals surface area contributed by atoms with Gasteiger partial charge in [-0.25, -0.2) is 0 Å². The van der Waals surface area contributed by atoms with Gasteiger partial charge in [0.05, 0.1) is 5.92 Å². The first-order valence-electron chi connectivity index (χ1n) is 5.12. The second-order valence-corrected chi connectivity index (χ2v) is 5.12. The van der Waals surface area contributed by atoms with Crippen molar-refractivity contribution >= 4 is 5.78 Å². The summed E-state index contributed by atoms with van der Waals surface area (Å²) in [6.45, 7) is 9.63. The summed E-state index contributed by atoms with van der Waals surface area (Å²) < 4.78 is 5.05. The first-order chi connectivity index (χ1) is 6.79. The molecule has 0 amide bonds. The summed E-state index contributed by atoms with van der Waals surface area (Å²) in [7, 11) is 0. The van der Waals surface area contributed by atoms with Crippen molar-refractivity contribution in [1.82, 2.24) is 10.1 Å². The van der Waals surface area contributed by atoms with Crippen LogP contribution < -0.4 is 0 Å². The fraction of sp³-hybridized carbons (Fsp3) is 0.727. The zero-order chi connectivity index (χ0) is 11.6. The summed E-state index contributed by atoms with van der Waals surface area (Å²) in [4.78, 5) is 15.3. The first-order valence-corrected chi connectivity index (χ1v) is 5.12. The van der Waals surface area contributed by atoms with Gasteiger partial charge in [0.2, 0.25) is 5.89 Å². The molecular weight excluding hydrogens is 192 g/mol. The van der Waals surface area contributed by atoms with Crippen molar-refractivity contribution in [3.05, 3.63) is 11.7 Å². The Morgan fingerprint density at radius 3 is 2.53 bits per heavy atom. The van der Waals surface area contributed by atoms with E-state index in [0.29, 0.717) is 11.7 Å². The molecule has 1 atom stereocenters. The largest absolute Gasteiger partial charge is 0.339 e. The van der Waals surface area contributed by atoms with Crippen LogP contribution in [0.4, 0.5) is 0 Å². The molecule has 1 heterocycles. The number of hydrogen-bond donors (Lipinski definition) is 0. The van der Waals surface area contributed by atoms with Gasteiger partial charge in [-0.15, -0.1) is 0 Å². The highest BCUT2D eigenvalue weighted by atomic mass is 16.5. The number of rotatable bonds is 3. The maximum atomic E-state index is 11.1. The number of carbonyl (C=O) groups excluding carboxylic acids is 1. The Kier molecular flexibility index (Phi) is 3.27. The minimum absolute atomic E-state index is 0.0426. The van der Waals surface area contributed by atoms with E-state index in [0.717, 1.165) is 6.42 Å². The third kappa shape index (κ3) is 3.46. The van der Waals surface area contributed by atoms with Crippen molar-refractivity contribution in [1.29, 1.82) is 0 Å². The number of Topliss-reactive ketones (excluding diaryl/α,β-unsaturated/α-hetero) is 1. The van der Waals surface area contributed by atoms with E-state index in [-0.39, 0.29) is 17.1 Å². The summed E-state index contributed by atoms with van der Waals surface area (Å²) in [6, 6.07) is 0. The minimum atomic E-state index is -0.300. The highest BCUT2D eigenvalue weighted by molar-refractivity contribution is 5.81. The molecule has 15 heavy (non-hydrogen) atoms. The normalized spacial score (nSPS) is 13.9. The molecule has 0 saturated carbocycles. The third-order valence-corrected chi connectivity index (χ3v) is 2.15.